The first-order valence-electron chi connectivity index (χ1n) is 41.1. The lowest BCUT2D eigenvalue weighted by Gasteiger charge is -2.18. The Morgan fingerprint density at radius 3 is 1.15 bits per heavy atom. The third kappa shape index (κ3) is 8.56. The number of furan rings is 2. The maximum atomic E-state index is 9.40. The monoisotopic (exact) mass is 1140 g/mol. The molecule has 0 saturated heterocycles. The van der Waals surface area contributed by atoms with Crippen molar-refractivity contribution < 1.29 is 44.5 Å². The fourth-order valence-electron chi connectivity index (χ4n) is 12.3. The van der Waals surface area contributed by atoms with E-state index >= 15 is 0 Å². The summed E-state index contributed by atoms with van der Waals surface area (Å²) >= 11 is 0. The number of benzene rings is 16. The minimum absolute atomic E-state index is 0.0433. The van der Waals surface area contributed by atoms with Crippen LogP contribution in [0.15, 0.2) is 336 Å². The Bertz CT molecular complexity index is 7140. The maximum Gasteiger partial charge on any atom is 0.136 e. The Morgan fingerprint density at radius 1 is 0.205 bits per heavy atom. The lowest BCUT2D eigenvalue weighted by molar-refractivity contribution is 0.668. The highest BCUT2D eigenvalue weighted by Gasteiger charge is 2.23. The predicted molar refractivity (Wildman–Crippen MR) is 373 cm³/mol. The fourth-order valence-corrected chi connectivity index (χ4v) is 12.3. The van der Waals surface area contributed by atoms with E-state index in [1.54, 1.807) is 36.4 Å². The second kappa shape index (κ2) is 21.2. The third-order valence-electron chi connectivity index (χ3n) is 16.2. The summed E-state index contributed by atoms with van der Waals surface area (Å²) in [5, 5.41) is 3.05. The van der Waals surface area contributed by atoms with Gasteiger partial charge in [-0.15, -0.1) is 0 Å². The molecule has 0 aliphatic carbocycles. The van der Waals surface area contributed by atoms with Crippen LogP contribution in [0.4, 0.5) is 0 Å². The highest BCUT2D eigenvalue weighted by atomic mass is 16.3. The molecule has 0 saturated carbocycles. The molecule has 0 bridgehead atoms. The molecular formula is C86H54O2. The fraction of sp³-hybridized carbons (Fsp3) is 0. The van der Waals surface area contributed by atoms with Crippen LogP contribution in [0.2, 0.25) is 0 Å². The van der Waals surface area contributed by atoms with Crippen molar-refractivity contribution in [3.8, 4) is 77.9 Å². The maximum absolute atomic E-state index is 9.40. The minimum Gasteiger partial charge on any atom is -0.456 e. The molecule has 0 fully saturated rings. The summed E-state index contributed by atoms with van der Waals surface area (Å²) in [5.41, 5.74) is 6.71. The van der Waals surface area contributed by atoms with Gasteiger partial charge in [-0.3, -0.25) is 0 Å². The topological polar surface area (TPSA) is 26.3 Å². The predicted octanol–water partition coefficient (Wildman–Crippen LogP) is 24.6. The van der Waals surface area contributed by atoms with Crippen LogP contribution in [0.25, 0.3) is 176 Å². The first-order valence-corrected chi connectivity index (χ1v) is 28.1. The molecule has 2 aromatic heterocycles. The van der Waals surface area contributed by atoms with Crippen LogP contribution in [-0.4, -0.2) is 0 Å². The van der Waals surface area contributed by atoms with Crippen LogP contribution in [0, 0.1) is 0 Å². The number of hydrogen-bond acceptors (Lipinski definition) is 2. The molecule has 0 aliphatic rings. The van der Waals surface area contributed by atoms with E-state index in [4.69, 9.17) is 33.5 Å². The van der Waals surface area contributed by atoms with Gasteiger partial charge in [0.05, 0.1) is 35.6 Å². The van der Waals surface area contributed by atoms with Gasteiger partial charge in [0.25, 0.3) is 0 Å². The van der Waals surface area contributed by atoms with Crippen LogP contribution in [-0.2, 0) is 0 Å². The van der Waals surface area contributed by atoms with Crippen molar-refractivity contribution in [1.82, 2.24) is 0 Å². The van der Waals surface area contributed by atoms with E-state index in [0.717, 1.165) is 49.5 Å². The smallest absolute Gasteiger partial charge is 0.136 e. The molecule has 0 N–H and O–H groups in total. The normalized spacial score (nSPS) is 15.8. The Kier molecular flexibility index (Phi) is 7.46. The number of rotatable bonds is 7. The zero-order valence-electron chi connectivity index (χ0n) is 72.0. The van der Waals surface area contributed by atoms with Crippen LogP contribution in [0.1, 0.15) is 35.6 Å². The van der Waals surface area contributed by atoms with E-state index in [1.165, 1.54) is 0 Å². The quantitative estimate of drug-likeness (QED) is 0.149. The van der Waals surface area contributed by atoms with Gasteiger partial charge in [-0.25, -0.2) is 0 Å². The van der Waals surface area contributed by atoms with Crippen molar-refractivity contribution >= 4 is 97.7 Å². The third-order valence-corrected chi connectivity index (χ3v) is 16.2. The molecule has 2 heteroatoms. The summed E-state index contributed by atoms with van der Waals surface area (Å²) in [4.78, 5) is 0. The molecular weight excluding hydrogens is 1060 g/mol. The lowest BCUT2D eigenvalue weighted by Crippen LogP contribution is -1.91. The average molecular weight is 1150 g/mol. The highest BCUT2D eigenvalue weighted by Crippen LogP contribution is 2.50. The second-order valence-corrected chi connectivity index (χ2v) is 21.0. The molecule has 0 atom stereocenters. The number of fused-ring (bicyclic) bond motifs is 11. The Morgan fingerprint density at radius 2 is 0.614 bits per heavy atom. The van der Waals surface area contributed by atoms with Crippen molar-refractivity contribution in [2.75, 3.05) is 0 Å². The lowest BCUT2D eigenvalue weighted by atomic mass is 9.84. The molecule has 18 rings (SSSR count). The van der Waals surface area contributed by atoms with Gasteiger partial charge in [-0.2, -0.15) is 0 Å². The van der Waals surface area contributed by atoms with Crippen LogP contribution in [0.5, 0.6) is 0 Å². The Balaban J connectivity index is 0.000000165. The SMILES string of the molecule is [2H]c1c([2H])c([2H])c(-c2c3c([2H])c([2H])c([2H])c([2H])c3c(-c3ccc4oc5ccc(-c6ccc7ccccc7c6)cc5c4c3)c3c([2H])c([2H])c([2H])c([2H])c23)c([2H])c1[2H].[2H]c1c([2H])c([2H])c(-c2c3c([2H])c([2H])c([2H])c([2H])c3c(-c3cccc4oc5cc(-c6ccccc6)c(-c6ccccc6)cc5c34)c3c([2H])c([2H])c([2H])c([2H])c23)c([2H])c1[2H]. The number of hydrogen-bond donors (Lipinski definition) is 0. The molecule has 0 amide bonds. The van der Waals surface area contributed by atoms with Gasteiger partial charge < -0.3 is 8.83 Å². The minimum atomic E-state index is -0.721. The van der Waals surface area contributed by atoms with Crippen LogP contribution >= 0.6 is 0 Å². The van der Waals surface area contributed by atoms with E-state index in [2.05, 4.69) is 6.07 Å². The standard InChI is InChI=1S/C44H28O.C42H26O/c1-4-15-29(16-5-1)37-27-39-41(28-38(37)30-17-6-2-7-18-30)45-40-26-14-25-36(44(39)40)43-34-23-12-10-21-32(34)42(31-19-8-3-9-20-31)33-22-11-13-24-35(33)43;1-2-11-28(12-3-1)41-33-14-6-8-16-35(33)42(36-17-9-7-15-34(36)41)32-21-23-40-38(26-32)37-25-31(20-22-39(37)43-40)30-19-18-27-10-4-5-13-29(27)24-30/h1-28H;1-26H/i3D,8D,9D,10D,11D,12D,13D,19D,20D,21D,22D,23D,24D;1D,2D,3D,6D,7D,8D,9D,11D,12D,14D,15D,16D,17D. The Labute approximate surface area is 545 Å². The van der Waals surface area contributed by atoms with Crippen molar-refractivity contribution in [1.29, 1.82) is 0 Å². The van der Waals surface area contributed by atoms with Gasteiger partial charge in [0, 0.05) is 21.5 Å². The first kappa shape index (κ1) is 31.0. The van der Waals surface area contributed by atoms with Gasteiger partial charge in [0.2, 0.25) is 0 Å². The first-order chi connectivity index (χ1) is 54.4. The molecule has 0 unspecified atom stereocenters. The van der Waals surface area contributed by atoms with Crippen molar-refractivity contribution in [3.05, 3.63) is 327 Å². The molecule has 410 valence electrons. The van der Waals surface area contributed by atoms with E-state index in [9.17, 15) is 11.0 Å². The average Bonchev–Trinajstić information content (AvgIpc) is 1.18. The summed E-state index contributed by atoms with van der Waals surface area (Å²) in [6.45, 7) is 0. The van der Waals surface area contributed by atoms with Gasteiger partial charge in [-0.05, 0) is 180 Å². The highest BCUT2D eigenvalue weighted by molar-refractivity contribution is 6.27. The summed E-state index contributed by atoms with van der Waals surface area (Å²) < 4.78 is 243. The van der Waals surface area contributed by atoms with E-state index in [1.807, 2.05) is 127 Å². The molecule has 18 aromatic rings. The van der Waals surface area contributed by atoms with Gasteiger partial charge >= 0.3 is 0 Å². The Hall–Kier alpha value is -11.6. The molecule has 88 heavy (non-hydrogen) atoms. The summed E-state index contributed by atoms with van der Waals surface area (Å²) in [6, 6.07) is 36.9. The van der Waals surface area contributed by atoms with Crippen molar-refractivity contribution in [3.63, 3.8) is 0 Å². The molecule has 0 spiro atoms. The molecule has 16 aromatic carbocycles. The largest absolute Gasteiger partial charge is 0.456 e. The zero-order valence-corrected chi connectivity index (χ0v) is 46.0. The van der Waals surface area contributed by atoms with Gasteiger partial charge in [0.1, 0.15) is 22.3 Å². The summed E-state index contributed by atoms with van der Waals surface area (Å²) in [5.74, 6) is 0. The summed E-state index contributed by atoms with van der Waals surface area (Å²) in [7, 11) is 0. The molecule has 0 radical (unpaired) electrons. The van der Waals surface area contributed by atoms with Gasteiger partial charge in [0.15, 0.2) is 0 Å². The zero-order chi connectivity index (χ0) is 80.7. The molecule has 2 nitrogen and oxygen atoms in total. The van der Waals surface area contributed by atoms with E-state index < -0.39 is 168 Å². The van der Waals surface area contributed by atoms with Crippen molar-refractivity contribution in [2.24, 2.45) is 0 Å². The second-order valence-electron chi connectivity index (χ2n) is 21.0. The van der Waals surface area contributed by atoms with Crippen LogP contribution in [0.3, 0.4) is 0 Å². The van der Waals surface area contributed by atoms with Gasteiger partial charge in [-0.1, -0.05) is 278 Å². The van der Waals surface area contributed by atoms with E-state index in [0.29, 0.717) is 49.6 Å². The summed E-state index contributed by atoms with van der Waals surface area (Å²) in [6.07, 6.45) is 0. The van der Waals surface area contributed by atoms with E-state index in [-0.39, 0.29) is 65.3 Å². The van der Waals surface area contributed by atoms with Crippen LogP contribution < -0.4 is 0 Å². The van der Waals surface area contributed by atoms with Crippen molar-refractivity contribution in [2.45, 2.75) is 0 Å². The molecule has 2 heterocycles. The molecule has 0 aliphatic heterocycles.